The summed E-state index contributed by atoms with van der Waals surface area (Å²) in [5.41, 5.74) is 1.75. The number of amides is 1. The van der Waals surface area contributed by atoms with Gasteiger partial charge in [0.25, 0.3) is 0 Å². The number of phenols is 1. The Balaban J connectivity index is 1.83. The van der Waals surface area contributed by atoms with E-state index in [0.717, 1.165) is 5.56 Å². The predicted octanol–water partition coefficient (Wildman–Crippen LogP) is 4.77. The molecule has 0 spiro atoms. The van der Waals surface area contributed by atoms with Crippen molar-refractivity contribution in [1.29, 1.82) is 0 Å². The van der Waals surface area contributed by atoms with E-state index < -0.39 is 5.91 Å². The monoisotopic (exact) mass is 389 g/mol. The number of hydrogen-bond acceptors (Lipinski definition) is 4. The molecule has 0 aliphatic rings. The fourth-order valence-corrected chi connectivity index (χ4v) is 2.85. The lowest BCUT2D eigenvalue weighted by molar-refractivity contribution is -0.111. The van der Waals surface area contributed by atoms with Crippen LogP contribution in [0, 0.1) is 6.92 Å². The minimum Gasteiger partial charge on any atom is -0.505 e. The fraction of sp³-hybridized carbons (Fsp3) is 0.0526. The highest BCUT2D eigenvalue weighted by Crippen LogP contribution is 2.34. The molecule has 1 heterocycles. The third kappa shape index (κ3) is 3.74. The van der Waals surface area contributed by atoms with Gasteiger partial charge in [0.1, 0.15) is 11.8 Å². The van der Waals surface area contributed by atoms with Gasteiger partial charge in [-0.2, -0.15) is 0 Å². The first-order valence-corrected chi connectivity index (χ1v) is 8.30. The van der Waals surface area contributed by atoms with Crippen LogP contribution in [0.3, 0.4) is 0 Å². The second kappa shape index (κ2) is 7.23. The molecular formula is C19H13Cl2NO4. The molecule has 7 heteroatoms. The van der Waals surface area contributed by atoms with Crippen LogP contribution in [0.5, 0.6) is 5.75 Å². The maximum Gasteiger partial charge on any atom is 0.248 e. The van der Waals surface area contributed by atoms with Crippen LogP contribution in [0.4, 0.5) is 5.69 Å². The number of nitrogens with one attached hydrogen (secondary N) is 1. The normalized spacial score (nSPS) is 11.2. The molecule has 132 valence electrons. The summed E-state index contributed by atoms with van der Waals surface area (Å²) in [6.07, 6.45) is 3.87. The van der Waals surface area contributed by atoms with Gasteiger partial charge in [0, 0.05) is 11.8 Å². The predicted molar refractivity (Wildman–Crippen MR) is 103 cm³/mol. The zero-order valence-electron chi connectivity index (χ0n) is 13.5. The third-order valence-corrected chi connectivity index (χ3v) is 4.23. The van der Waals surface area contributed by atoms with Crippen molar-refractivity contribution < 1.29 is 14.3 Å². The number of phenolic OH excluding ortho intramolecular Hbond substituents is 1. The van der Waals surface area contributed by atoms with Crippen LogP contribution in [0.15, 0.2) is 51.9 Å². The van der Waals surface area contributed by atoms with Crippen LogP contribution in [-0.4, -0.2) is 11.0 Å². The van der Waals surface area contributed by atoms with Crippen molar-refractivity contribution in [3.05, 3.63) is 74.1 Å². The molecule has 0 aliphatic heterocycles. The van der Waals surface area contributed by atoms with Gasteiger partial charge in [-0.15, -0.1) is 0 Å². The molecule has 0 bridgehead atoms. The summed E-state index contributed by atoms with van der Waals surface area (Å²) in [4.78, 5) is 24.5. The Bertz CT molecular complexity index is 1080. The first-order valence-electron chi connectivity index (χ1n) is 7.54. The largest absolute Gasteiger partial charge is 0.505 e. The molecular weight excluding hydrogens is 377 g/mol. The average molecular weight is 390 g/mol. The van der Waals surface area contributed by atoms with E-state index in [1.54, 1.807) is 12.1 Å². The van der Waals surface area contributed by atoms with Crippen LogP contribution in [0.1, 0.15) is 11.1 Å². The number of fused-ring (bicyclic) bond motifs is 1. The molecule has 26 heavy (non-hydrogen) atoms. The second-order valence-electron chi connectivity index (χ2n) is 5.63. The van der Waals surface area contributed by atoms with E-state index in [9.17, 15) is 14.7 Å². The lowest BCUT2D eigenvalue weighted by Crippen LogP contribution is -2.09. The molecule has 2 aromatic carbocycles. The van der Waals surface area contributed by atoms with Crippen molar-refractivity contribution in [2.24, 2.45) is 0 Å². The van der Waals surface area contributed by atoms with Crippen LogP contribution >= 0.6 is 23.2 Å². The zero-order valence-corrected chi connectivity index (χ0v) is 15.1. The molecule has 1 aromatic heterocycles. The van der Waals surface area contributed by atoms with Crippen molar-refractivity contribution in [1.82, 2.24) is 0 Å². The Labute approximate surface area is 158 Å². The number of benzene rings is 2. The maximum absolute atomic E-state index is 12.5. The van der Waals surface area contributed by atoms with Gasteiger partial charge >= 0.3 is 0 Å². The van der Waals surface area contributed by atoms with Gasteiger partial charge in [0.2, 0.25) is 5.91 Å². The molecule has 0 fully saturated rings. The molecule has 3 rings (SSSR count). The number of hydrogen-bond donors (Lipinski definition) is 2. The lowest BCUT2D eigenvalue weighted by atomic mass is 10.1. The first-order chi connectivity index (χ1) is 12.3. The standard InChI is InChI=1S/C19H13Cl2NO4/c1-10-2-4-16-13(6-10)18(24)11(9-26-16)3-5-17(23)22-12-7-14(20)19(25)15(21)8-12/h2-9,25H,1H3,(H,22,23)/b5-3+. The number of halogens is 2. The minimum absolute atomic E-state index is 0.0160. The van der Waals surface area contributed by atoms with Crippen LogP contribution in [0.25, 0.3) is 17.0 Å². The molecule has 0 saturated heterocycles. The van der Waals surface area contributed by atoms with Gasteiger partial charge in [-0.05, 0) is 37.3 Å². The topological polar surface area (TPSA) is 79.5 Å². The number of rotatable bonds is 3. The van der Waals surface area contributed by atoms with E-state index in [2.05, 4.69) is 5.32 Å². The lowest BCUT2D eigenvalue weighted by Gasteiger charge is -2.06. The summed E-state index contributed by atoms with van der Waals surface area (Å²) >= 11 is 11.6. The Kier molecular flexibility index (Phi) is 5.02. The maximum atomic E-state index is 12.5. The van der Waals surface area contributed by atoms with E-state index >= 15 is 0 Å². The molecule has 5 nitrogen and oxygen atoms in total. The minimum atomic E-state index is -0.494. The molecule has 0 radical (unpaired) electrons. The summed E-state index contributed by atoms with van der Waals surface area (Å²) in [5, 5.41) is 12.5. The molecule has 2 N–H and O–H groups in total. The first kappa shape index (κ1) is 18.0. The van der Waals surface area contributed by atoms with Gasteiger partial charge in [0.05, 0.1) is 21.0 Å². The molecule has 0 saturated carbocycles. The summed E-state index contributed by atoms with van der Waals surface area (Å²) in [7, 11) is 0. The summed E-state index contributed by atoms with van der Waals surface area (Å²) < 4.78 is 5.43. The average Bonchev–Trinajstić information content (AvgIpc) is 2.59. The van der Waals surface area contributed by atoms with E-state index in [1.165, 1.54) is 30.5 Å². The van der Waals surface area contributed by atoms with Gasteiger partial charge in [-0.25, -0.2) is 0 Å². The summed E-state index contributed by atoms with van der Waals surface area (Å²) in [5.74, 6) is -0.752. The molecule has 3 aromatic rings. The van der Waals surface area contributed by atoms with Crippen LogP contribution < -0.4 is 10.7 Å². The quantitative estimate of drug-likeness (QED) is 0.499. The van der Waals surface area contributed by atoms with Crippen LogP contribution in [-0.2, 0) is 4.79 Å². The van der Waals surface area contributed by atoms with Gasteiger partial charge in [-0.1, -0.05) is 34.8 Å². The fourth-order valence-electron chi connectivity index (χ4n) is 2.36. The van der Waals surface area contributed by atoms with E-state index in [1.807, 2.05) is 13.0 Å². The summed E-state index contributed by atoms with van der Waals surface area (Å²) in [6, 6.07) is 8.04. The second-order valence-corrected chi connectivity index (χ2v) is 6.45. The molecule has 0 aliphatic carbocycles. The van der Waals surface area contributed by atoms with Gasteiger partial charge < -0.3 is 14.8 Å². The number of carbonyl (C=O) groups is 1. The van der Waals surface area contributed by atoms with Crippen molar-refractivity contribution in [2.75, 3.05) is 5.32 Å². The Hall–Kier alpha value is -2.76. The Morgan fingerprint density at radius 3 is 2.58 bits per heavy atom. The number of aryl methyl sites for hydroxylation is 1. The van der Waals surface area contributed by atoms with E-state index in [0.29, 0.717) is 16.7 Å². The van der Waals surface area contributed by atoms with Crippen molar-refractivity contribution in [3.8, 4) is 5.75 Å². The summed E-state index contributed by atoms with van der Waals surface area (Å²) in [6.45, 7) is 1.88. The molecule has 0 unspecified atom stereocenters. The van der Waals surface area contributed by atoms with Gasteiger partial charge in [0.15, 0.2) is 11.2 Å². The Morgan fingerprint density at radius 2 is 1.88 bits per heavy atom. The third-order valence-electron chi connectivity index (χ3n) is 3.65. The van der Waals surface area contributed by atoms with E-state index in [4.69, 9.17) is 27.6 Å². The van der Waals surface area contributed by atoms with Crippen molar-refractivity contribution in [3.63, 3.8) is 0 Å². The smallest absolute Gasteiger partial charge is 0.248 e. The van der Waals surface area contributed by atoms with Crippen molar-refractivity contribution >= 4 is 51.8 Å². The van der Waals surface area contributed by atoms with Crippen LogP contribution in [0.2, 0.25) is 10.0 Å². The Morgan fingerprint density at radius 1 is 1.19 bits per heavy atom. The number of anilines is 1. The highest BCUT2D eigenvalue weighted by atomic mass is 35.5. The highest BCUT2D eigenvalue weighted by molar-refractivity contribution is 6.37. The van der Waals surface area contributed by atoms with Gasteiger partial charge in [-0.3, -0.25) is 9.59 Å². The zero-order chi connectivity index (χ0) is 18.8. The molecule has 0 atom stereocenters. The SMILES string of the molecule is Cc1ccc2occ(/C=C/C(=O)Nc3cc(Cl)c(O)c(Cl)c3)c(=O)c2c1. The highest BCUT2D eigenvalue weighted by Gasteiger charge is 2.09. The number of carbonyl (C=O) groups excluding carboxylic acids is 1. The molecule has 1 amide bonds. The van der Waals surface area contributed by atoms with Crippen molar-refractivity contribution in [2.45, 2.75) is 6.92 Å². The van der Waals surface area contributed by atoms with E-state index in [-0.39, 0.29) is 26.8 Å². The number of aromatic hydroxyl groups is 1.